The van der Waals surface area contributed by atoms with E-state index in [9.17, 15) is 4.79 Å². The molecule has 184 valence electrons. The Balaban J connectivity index is 1.60. The van der Waals surface area contributed by atoms with E-state index in [-0.39, 0.29) is 0 Å². The molecule has 2 heteroatoms. The lowest BCUT2D eigenvalue weighted by Gasteiger charge is -2.64. The molecule has 0 bridgehead atoms. The summed E-state index contributed by atoms with van der Waals surface area (Å²) in [5.41, 5.74) is 0.870. The maximum atomic E-state index is 12.6. The Morgan fingerprint density at radius 2 is 1.75 bits per heavy atom. The van der Waals surface area contributed by atoms with E-state index in [1.165, 1.54) is 51.4 Å². The molecule has 1 heterocycles. The molecule has 0 aromatic carbocycles. The average Bonchev–Trinajstić information content (AvgIpc) is 3.00. The van der Waals surface area contributed by atoms with Crippen molar-refractivity contribution in [3.8, 4) is 0 Å². The van der Waals surface area contributed by atoms with Crippen LogP contribution in [0.5, 0.6) is 0 Å². The summed E-state index contributed by atoms with van der Waals surface area (Å²) in [5, 5.41) is 0. The maximum absolute atomic E-state index is 12.6. The van der Waals surface area contributed by atoms with Crippen LogP contribution in [0.15, 0.2) is 0 Å². The average molecular weight is 444 g/mol. The SMILES string of the molecule is CCC1CC2N(C)C(=O)CC[C@]2(C)[C@H]2CC[C@]3(C)[C@@H]([C@H](C)CCCC(C)C)C(C)C[C@H]3[C@H]12. The van der Waals surface area contributed by atoms with Gasteiger partial charge in [-0.05, 0) is 90.3 Å². The summed E-state index contributed by atoms with van der Waals surface area (Å²) in [4.78, 5) is 14.8. The van der Waals surface area contributed by atoms with Crippen molar-refractivity contribution >= 4 is 5.91 Å². The number of nitrogens with zero attached hydrogens (tertiary/aromatic N) is 1. The van der Waals surface area contributed by atoms with Gasteiger partial charge in [0, 0.05) is 19.5 Å². The van der Waals surface area contributed by atoms with Crippen molar-refractivity contribution in [1.82, 2.24) is 4.90 Å². The number of hydrogen-bond acceptors (Lipinski definition) is 1. The number of carbonyl (C=O) groups is 1. The van der Waals surface area contributed by atoms with Crippen molar-refractivity contribution in [2.24, 2.45) is 58.2 Å². The third-order valence-electron chi connectivity index (χ3n) is 11.8. The van der Waals surface area contributed by atoms with Crippen molar-refractivity contribution in [2.45, 2.75) is 119 Å². The summed E-state index contributed by atoms with van der Waals surface area (Å²) >= 11 is 0. The molecular weight excluding hydrogens is 390 g/mol. The molecule has 3 saturated carbocycles. The van der Waals surface area contributed by atoms with Crippen molar-refractivity contribution in [1.29, 1.82) is 0 Å². The quantitative estimate of drug-likeness (QED) is 0.410. The third kappa shape index (κ3) is 3.78. The van der Waals surface area contributed by atoms with Crippen LogP contribution in [0, 0.1) is 58.2 Å². The van der Waals surface area contributed by atoms with Crippen molar-refractivity contribution < 1.29 is 4.79 Å². The summed E-state index contributed by atoms with van der Waals surface area (Å²) < 4.78 is 0. The van der Waals surface area contributed by atoms with Gasteiger partial charge in [0.05, 0.1) is 0 Å². The van der Waals surface area contributed by atoms with Gasteiger partial charge in [0.25, 0.3) is 0 Å². The summed E-state index contributed by atoms with van der Waals surface area (Å²) in [5.74, 6) is 7.28. The van der Waals surface area contributed by atoms with E-state index in [1.54, 1.807) is 0 Å². The molecule has 3 aliphatic carbocycles. The molecule has 32 heavy (non-hydrogen) atoms. The standard InChI is InChI=1S/C30H53NO/c1-9-22-18-25-29(6,16-14-26(32)31(25)8)23-13-15-30(7)24(27(22)23)17-21(5)28(30)20(4)12-10-11-19(2)3/h19-25,27-28H,9-18H2,1-8H3/t20-,21?,22?,23+,24+,25?,27-,28+,29-,30+/m1/s1. The first kappa shape index (κ1) is 24.6. The predicted octanol–water partition coefficient (Wildman–Crippen LogP) is 7.81. The lowest BCUT2D eigenvalue weighted by molar-refractivity contribution is -0.169. The zero-order chi connectivity index (χ0) is 23.4. The highest BCUT2D eigenvalue weighted by molar-refractivity contribution is 5.77. The highest BCUT2D eigenvalue weighted by atomic mass is 16.2. The molecule has 4 rings (SSSR count). The number of likely N-dealkylation sites (tertiary alicyclic amines) is 1. The Hall–Kier alpha value is -0.530. The maximum Gasteiger partial charge on any atom is 0.222 e. The normalized spacial score (nSPS) is 47.2. The van der Waals surface area contributed by atoms with E-state index in [0.29, 0.717) is 22.8 Å². The minimum absolute atomic E-state index is 0.338. The molecule has 1 amide bonds. The molecule has 0 spiro atoms. The van der Waals surface area contributed by atoms with E-state index in [0.717, 1.165) is 60.2 Å². The Kier molecular flexibility index (Phi) is 6.85. The molecule has 10 atom stereocenters. The fourth-order valence-corrected chi connectivity index (χ4v) is 10.3. The van der Waals surface area contributed by atoms with Gasteiger partial charge in [-0.3, -0.25) is 4.79 Å². The highest BCUT2D eigenvalue weighted by Gasteiger charge is 2.64. The molecule has 4 fully saturated rings. The number of carbonyl (C=O) groups excluding carboxylic acids is 1. The molecule has 1 aliphatic heterocycles. The first-order chi connectivity index (χ1) is 15.0. The van der Waals surface area contributed by atoms with E-state index >= 15 is 0 Å². The van der Waals surface area contributed by atoms with Crippen LogP contribution >= 0.6 is 0 Å². The zero-order valence-electron chi connectivity index (χ0n) is 22.6. The minimum Gasteiger partial charge on any atom is -0.342 e. The van der Waals surface area contributed by atoms with Crippen LogP contribution in [0.3, 0.4) is 0 Å². The first-order valence-corrected chi connectivity index (χ1v) is 14.3. The fourth-order valence-electron chi connectivity index (χ4n) is 10.3. The Morgan fingerprint density at radius 1 is 1.03 bits per heavy atom. The van der Waals surface area contributed by atoms with Crippen molar-refractivity contribution in [3.05, 3.63) is 0 Å². The Morgan fingerprint density at radius 3 is 2.41 bits per heavy atom. The van der Waals surface area contributed by atoms with E-state index in [2.05, 4.69) is 60.4 Å². The van der Waals surface area contributed by atoms with Gasteiger partial charge in [-0.25, -0.2) is 0 Å². The zero-order valence-corrected chi connectivity index (χ0v) is 22.6. The van der Waals surface area contributed by atoms with Crippen LogP contribution in [-0.2, 0) is 4.79 Å². The fraction of sp³-hybridized carbons (Fsp3) is 0.967. The summed E-state index contributed by atoms with van der Waals surface area (Å²) in [6, 6.07) is 0.476. The van der Waals surface area contributed by atoms with Crippen LogP contribution < -0.4 is 0 Å². The minimum atomic E-state index is 0.338. The molecule has 0 N–H and O–H groups in total. The lowest BCUT2D eigenvalue weighted by Crippen LogP contribution is -2.63. The van der Waals surface area contributed by atoms with Gasteiger partial charge in [0.15, 0.2) is 0 Å². The number of hydrogen-bond donors (Lipinski definition) is 0. The van der Waals surface area contributed by atoms with Crippen LogP contribution in [0.25, 0.3) is 0 Å². The van der Waals surface area contributed by atoms with Gasteiger partial charge < -0.3 is 4.90 Å². The molecular formula is C30H53NO. The highest BCUT2D eigenvalue weighted by Crippen LogP contribution is 2.69. The number of rotatable bonds is 6. The molecule has 2 nitrogen and oxygen atoms in total. The second-order valence-electron chi connectivity index (χ2n) is 13.8. The number of piperidine rings is 1. The van der Waals surface area contributed by atoms with Gasteiger partial charge in [0.2, 0.25) is 5.91 Å². The van der Waals surface area contributed by atoms with E-state index in [4.69, 9.17) is 0 Å². The van der Waals surface area contributed by atoms with Gasteiger partial charge in [0.1, 0.15) is 0 Å². The smallest absolute Gasteiger partial charge is 0.222 e. The Labute approximate surface area is 199 Å². The molecule has 0 aromatic rings. The van der Waals surface area contributed by atoms with Gasteiger partial charge in [-0.2, -0.15) is 0 Å². The van der Waals surface area contributed by atoms with Crippen LogP contribution in [0.2, 0.25) is 0 Å². The molecule has 0 radical (unpaired) electrons. The molecule has 3 unspecified atom stereocenters. The van der Waals surface area contributed by atoms with Gasteiger partial charge in [-0.15, -0.1) is 0 Å². The second kappa shape index (κ2) is 8.92. The lowest BCUT2D eigenvalue weighted by atomic mass is 9.44. The van der Waals surface area contributed by atoms with E-state index < -0.39 is 0 Å². The number of fused-ring (bicyclic) bond motifs is 5. The summed E-state index contributed by atoms with van der Waals surface area (Å²) in [7, 11) is 2.11. The predicted molar refractivity (Wildman–Crippen MR) is 135 cm³/mol. The van der Waals surface area contributed by atoms with Gasteiger partial charge in [-0.1, -0.05) is 74.1 Å². The monoisotopic (exact) mass is 443 g/mol. The van der Waals surface area contributed by atoms with Gasteiger partial charge >= 0.3 is 0 Å². The summed E-state index contributed by atoms with van der Waals surface area (Å²) in [6.45, 7) is 17.7. The van der Waals surface area contributed by atoms with Crippen LogP contribution in [-0.4, -0.2) is 23.9 Å². The molecule has 0 aromatic heterocycles. The first-order valence-electron chi connectivity index (χ1n) is 14.3. The molecule has 4 aliphatic rings. The number of amides is 1. The van der Waals surface area contributed by atoms with Crippen LogP contribution in [0.1, 0.15) is 113 Å². The third-order valence-corrected chi connectivity index (χ3v) is 11.8. The largest absolute Gasteiger partial charge is 0.342 e. The van der Waals surface area contributed by atoms with Crippen LogP contribution in [0.4, 0.5) is 0 Å². The van der Waals surface area contributed by atoms with Crippen molar-refractivity contribution in [2.75, 3.05) is 7.05 Å². The summed E-state index contributed by atoms with van der Waals surface area (Å²) in [6.07, 6.45) is 13.0. The Bertz CT molecular complexity index is 686. The topological polar surface area (TPSA) is 20.3 Å². The van der Waals surface area contributed by atoms with Crippen molar-refractivity contribution in [3.63, 3.8) is 0 Å². The molecule has 1 saturated heterocycles. The second-order valence-corrected chi connectivity index (χ2v) is 13.8. The van der Waals surface area contributed by atoms with E-state index in [1.807, 2.05) is 0 Å².